The van der Waals surface area contributed by atoms with Gasteiger partial charge < -0.3 is 14.7 Å². The zero-order valence-corrected chi connectivity index (χ0v) is 11.3. The number of carbonyl (C=O) groups excluding carboxylic acids is 2. The van der Waals surface area contributed by atoms with Crippen LogP contribution in [0.2, 0.25) is 0 Å². The Hall–Kier alpha value is -1.85. The number of rotatable bonds is 3. The van der Waals surface area contributed by atoms with Gasteiger partial charge in [0, 0.05) is 19.2 Å². The maximum atomic E-state index is 12.1. The summed E-state index contributed by atoms with van der Waals surface area (Å²) < 4.78 is 4.87. The number of carbonyl (C=O) groups is 2. The maximum Gasteiger partial charge on any atom is 0.290 e. The minimum Gasteiger partial charge on any atom is -0.351 e. The average molecular weight is 265 g/mol. The number of amides is 2. The van der Waals surface area contributed by atoms with Gasteiger partial charge in [-0.2, -0.15) is 0 Å². The summed E-state index contributed by atoms with van der Waals surface area (Å²) in [5, 5.41) is 6.29. The van der Waals surface area contributed by atoms with Crippen LogP contribution in [-0.2, 0) is 4.79 Å². The molecule has 0 aliphatic carbocycles. The van der Waals surface area contributed by atoms with Crippen LogP contribution in [0, 0.1) is 6.92 Å². The molecular formula is C13H19N3O3. The van der Waals surface area contributed by atoms with Crippen molar-refractivity contribution in [2.24, 2.45) is 0 Å². The summed E-state index contributed by atoms with van der Waals surface area (Å²) in [6.45, 7) is 4.99. The first kappa shape index (κ1) is 13.6. The number of hydrogen-bond acceptors (Lipinski definition) is 4. The maximum absolute atomic E-state index is 12.1. The highest BCUT2D eigenvalue weighted by molar-refractivity contribution is 5.95. The Morgan fingerprint density at radius 3 is 2.63 bits per heavy atom. The van der Waals surface area contributed by atoms with Crippen molar-refractivity contribution in [3.63, 3.8) is 0 Å². The topological polar surface area (TPSA) is 75.4 Å². The Morgan fingerprint density at radius 2 is 2.05 bits per heavy atom. The van der Waals surface area contributed by atoms with Gasteiger partial charge in [0.1, 0.15) is 6.04 Å². The van der Waals surface area contributed by atoms with Crippen LogP contribution in [0.1, 0.15) is 42.4 Å². The molecule has 1 aromatic heterocycles. The molecule has 1 atom stereocenters. The van der Waals surface area contributed by atoms with Gasteiger partial charge >= 0.3 is 0 Å². The van der Waals surface area contributed by atoms with Crippen molar-refractivity contribution in [2.45, 2.75) is 39.2 Å². The fraction of sp³-hybridized carbons (Fsp3) is 0.615. The molecule has 1 saturated heterocycles. The zero-order chi connectivity index (χ0) is 13.8. The first-order chi connectivity index (χ1) is 9.08. The first-order valence-electron chi connectivity index (χ1n) is 6.61. The lowest BCUT2D eigenvalue weighted by atomic mass is 10.1. The summed E-state index contributed by atoms with van der Waals surface area (Å²) in [7, 11) is 0. The number of nitrogens with zero attached hydrogens (tertiary/aromatic N) is 2. The second-order valence-corrected chi connectivity index (χ2v) is 4.91. The van der Waals surface area contributed by atoms with Crippen molar-refractivity contribution in [1.82, 2.24) is 15.4 Å². The molecule has 1 aliphatic heterocycles. The SMILES string of the molecule is Cc1cc(C(=O)NC(C)C(=O)N2CCCCC2)on1. The largest absolute Gasteiger partial charge is 0.351 e. The van der Waals surface area contributed by atoms with Crippen molar-refractivity contribution in [3.05, 3.63) is 17.5 Å². The fourth-order valence-corrected chi connectivity index (χ4v) is 2.19. The number of piperidine rings is 1. The number of aromatic nitrogens is 1. The molecule has 1 N–H and O–H groups in total. The van der Waals surface area contributed by atoms with Gasteiger partial charge in [0.15, 0.2) is 0 Å². The van der Waals surface area contributed by atoms with E-state index in [4.69, 9.17) is 4.52 Å². The van der Waals surface area contributed by atoms with Gasteiger partial charge in [-0.1, -0.05) is 5.16 Å². The third kappa shape index (κ3) is 3.33. The van der Waals surface area contributed by atoms with Crippen LogP contribution in [-0.4, -0.2) is 41.0 Å². The highest BCUT2D eigenvalue weighted by Gasteiger charge is 2.24. The van der Waals surface area contributed by atoms with Crippen LogP contribution in [0.3, 0.4) is 0 Å². The summed E-state index contributed by atoms with van der Waals surface area (Å²) in [4.78, 5) is 25.8. The highest BCUT2D eigenvalue weighted by Crippen LogP contribution is 2.10. The van der Waals surface area contributed by atoms with Crippen LogP contribution in [0.4, 0.5) is 0 Å². The lowest BCUT2D eigenvalue weighted by Crippen LogP contribution is -2.48. The van der Waals surface area contributed by atoms with E-state index in [1.54, 1.807) is 24.8 Å². The summed E-state index contributed by atoms with van der Waals surface area (Å²) in [6.07, 6.45) is 3.24. The summed E-state index contributed by atoms with van der Waals surface area (Å²) in [6, 6.07) is 1.00. The van der Waals surface area contributed by atoms with E-state index in [0.29, 0.717) is 5.69 Å². The molecule has 0 spiro atoms. The van der Waals surface area contributed by atoms with E-state index in [-0.39, 0.29) is 11.7 Å². The van der Waals surface area contributed by atoms with Crippen LogP contribution in [0.25, 0.3) is 0 Å². The van der Waals surface area contributed by atoms with Crippen molar-refractivity contribution >= 4 is 11.8 Å². The molecular weight excluding hydrogens is 246 g/mol. The Kier molecular flexibility index (Phi) is 4.19. The lowest BCUT2D eigenvalue weighted by molar-refractivity contribution is -0.133. The van der Waals surface area contributed by atoms with Gasteiger partial charge in [-0.3, -0.25) is 9.59 Å². The normalized spacial score (nSPS) is 17.1. The Balaban J connectivity index is 1.91. The summed E-state index contributed by atoms with van der Waals surface area (Å²) >= 11 is 0. The molecule has 1 fully saturated rings. The van der Waals surface area contributed by atoms with Gasteiger partial charge in [0.2, 0.25) is 11.7 Å². The van der Waals surface area contributed by atoms with Crippen LogP contribution in [0.15, 0.2) is 10.6 Å². The van der Waals surface area contributed by atoms with E-state index in [2.05, 4.69) is 10.5 Å². The molecule has 0 radical (unpaired) electrons. The molecule has 6 nitrogen and oxygen atoms in total. The van der Waals surface area contributed by atoms with Gasteiger partial charge in [0.25, 0.3) is 5.91 Å². The Bertz CT molecular complexity index is 463. The van der Waals surface area contributed by atoms with E-state index < -0.39 is 11.9 Å². The van der Waals surface area contributed by atoms with Crippen molar-refractivity contribution in [3.8, 4) is 0 Å². The quantitative estimate of drug-likeness (QED) is 0.888. The van der Waals surface area contributed by atoms with E-state index in [1.165, 1.54) is 6.42 Å². The molecule has 2 amide bonds. The molecule has 104 valence electrons. The predicted molar refractivity (Wildman–Crippen MR) is 68.6 cm³/mol. The molecule has 1 unspecified atom stereocenters. The molecule has 2 heterocycles. The van der Waals surface area contributed by atoms with Gasteiger partial charge in [-0.25, -0.2) is 0 Å². The van der Waals surface area contributed by atoms with Gasteiger partial charge in [-0.15, -0.1) is 0 Å². The van der Waals surface area contributed by atoms with Crippen molar-refractivity contribution in [2.75, 3.05) is 13.1 Å². The highest BCUT2D eigenvalue weighted by atomic mass is 16.5. The van der Waals surface area contributed by atoms with E-state index in [0.717, 1.165) is 25.9 Å². The number of nitrogens with one attached hydrogen (secondary N) is 1. The standard InChI is InChI=1S/C13H19N3O3/c1-9-8-11(19-15-9)12(17)14-10(2)13(18)16-6-4-3-5-7-16/h8,10H,3-7H2,1-2H3,(H,14,17). The Labute approximate surface area is 112 Å². The average Bonchev–Trinajstić information content (AvgIpc) is 2.85. The second-order valence-electron chi connectivity index (χ2n) is 4.91. The smallest absolute Gasteiger partial charge is 0.290 e. The molecule has 1 aromatic rings. The Morgan fingerprint density at radius 1 is 1.37 bits per heavy atom. The van der Waals surface area contributed by atoms with Crippen molar-refractivity contribution < 1.29 is 14.1 Å². The zero-order valence-electron chi connectivity index (χ0n) is 11.3. The number of hydrogen-bond donors (Lipinski definition) is 1. The number of aryl methyl sites for hydroxylation is 1. The van der Waals surface area contributed by atoms with E-state index >= 15 is 0 Å². The fourth-order valence-electron chi connectivity index (χ4n) is 2.19. The molecule has 6 heteroatoms. The molecule has 19 heavy (non-hydrogen) atoms. The van der Waals surface area contributed by atoms with Crippen LogP contribution in [0.5, 0.6) is 0 Å². The first-order valence-corrected chi connectivity index (χ1v) is 6.61. The molecule has 0 saturated carbocycles. The minimum absolute atomic E-state index is 0.0377. The molecule has 0 aromatic carbocycles. The van der Waals surface area contributed by atoms with E-state index in [9.17, 15) is 9.59 Å². The third-order valence-corrected chi connectivity index (χ3v) is 3.24. The van der Waals surface area contributed by atoms with Crippen LogP contribution >= 0.6 is 0 Å². The van der Waals surface area contributed by atoms with E-state index in [1.807, 2.05) is 0 Å². The number of likely N-dealkylation sites (tertiary alicyclic amines) is 1. The second kappa shape index (κ2) is 5.86. The van der Waals surface area contributed by atoms with Gasteiger partial charge in [-0.05, 0) is 33.1 Å². The summed E-state index contributed by atoms with van der Waals surface area (Å²) in [5.74, 6) is -0.307. The molecule has 1 aliphatic rings. The summed E-state index contributed by atoms with van der Waals surface area (Å²) in [5.41, 5.74) is 0.639. The molecule has 0 bridgehead atoms. The lowest BCUT2D eigenvalue weighted by Gasteiger charge is -2.29. The predicted octanol–water partition coefficient (Wildman–Crippen LogP) is 1.11. The van der Waals surface area contributed by atoms with Gasteiger partial charge in [0.05, 0.1) is 5.69 Å². The van der Waals surface area contributed by atoms with Crippen molar-refractivity contribution in [1.29, 1.82) is 0 Å². The third-order valence-electron chi connectivity index (χ3n) is 3.24. The van der Waals surface area contributed by atoms with Crippen LogP contribution < -0.4 is 5.32 Å². The molecule has 2 rings (SSSR count). The minimum atomic E-state index is -0.545. The monoisotopic (exact) mass is 265 g/mol.